The summed E-state index contributed by atoms with van der Waals surface area (Å²) in [6.45, 7) is 1.46. The van der Waals surface area contributed by atoms with Crippen molar-refractivity contribution in [1.82, 2.24) is 5.32 Å². The SMILES string of the molecule is O=C(Cc1cccc(Br)c1)NC[C@H]1CCCO1. The fourth-order valence-electron chi connectivity index (χ4n) is 1.93. The van der Waals surface area contributed by atoms with Crippen molar-refractivity contribution in [3.63, 3.8) is 0 Å². The van der Waals surface area contributed by atoms with Crippen molar-refractivity contribution in [3.05, 3.63) is 34.3 Å². The van der Waals surface area contributed by atoms with Crippen molar-refractivity contribution in [3.8, 4) is 0 Å². The van der Waals surface area contributed by atoms with E-state index >= 15 is 0 Å². The number of nitrogens with one attached hydrogen (secondary N) is 1. The lowest BCUT2D eigenvalue weighted by Crippen LogP contribution is -2.32. The number of hydrogen-bond donors (Lipinski definition) is 1. The van der Waals surface area contributed by atoms with Crippen LogP contribution in [0.5, 0.6) is 0 Å². The number of carbonyl (C=O) groups is 1. The highest BCUT2D eigenvalue weighted by Gasteiger charge is 2.16. The number of halogens is 1. The van der Waals surface area contributed by atoms with E-state index in [0.717, 1.165) is 29.5 Å². The molecule has 1 aliphatic rings. The average molecular weight is 298 g/mol. The molecular formula is C13H16BrNO2. The van der Waals surface area contributed by atoms with E-state index in [2.05, 4.69) is 21.2 Å². The van der Waals surface area contributed by atoms with Gasteiger partial charge in [-0.15, -0.1) is 0 Å². The van der Waals surface area contributed by atoms with Crippen LogP contribution in [0.2, 0.25) is 0 Å². The third-order valence-electron chi connectivity index (χ3n) is 2.80. The van der Waals surface area contributed by atoms with E-state index in [-0.39, 0.29) is 12.0 Å². The van der Waals surface area contributed by atoms with Gasteiger partial charge < -0.3 is 10.1 Å². The van der Waals surface area contributed by atoms with Crippen LogP contribution in [0.25, 0.3) is 0 Å². The van der Waals surface area contributed by atoms with Gasteiger partial charge in [0.15, 0.2) is 0 Å². The van der Waals surface area contributed by atoms with Crippen molar-refractivity contribution in [2.75, 3.05) is 13.2 Å². The fourth-order valence-corrected chi connectivity index (χ4v) is 2.37. The maximum atomic E-state index is 11.7. The van der Waals surface area contributed by atoms with Crippen molar-refractivity contribution in [1.29, 1.82) is 0 Å². The first-order valence-electron chi connectivity index (χ1n) is 5.87. The minimum absolute atomic E-state index is 0.0543. The van der Waals surface area contributed by atoms with Gasteiger partial charge in [0, 0.05) is 17.6 Å². The summed E-state index contributed by atoms with van der Waals surface area (Å²) in [5.41, 5.74) is 1.02. The molecule has 0 spiro atoms. The van der Waals surface area contributed by atoms with Gasteiger partial charge >= 0.3 is 0 Å². The molecule has 17 heavy (non-hydrogen) atoms. The zero-order valence-electron chi connectivity index (χ0n) is 9.62. The summed E-state index contributed by atoms with van der Waals surface area (Å²) < 4.78 is 6.45. The first kappa shape index (κ1) is 12.6. The van der Waals surface area contributed by atoms with Crippen LogP contribution >= 0.6 is 15.9 Å². The van der Waals surface area contributed by atoms with Gasteiger partial charge in [-0.1, -0.05) is 28.1 Å². The second-order valence-corrected chi connectivity index (χ2v) is 5.16. The van der Waals surface area contributed by atoms with Crippen molar-refractivity contribution in [2.24, 2.45) is 0 Å². The van der Waals surface area contributed by atoms with E-state index in [1.54, 1.807) is 0 Å². The number of hydrogen-bond acceptors (Lipinski definition) is 2. The normalized spacial score (nSPS) is 19.2. The van der Waals surface area contributed by atoms with Gasteiger partial charge in [0.1, 0.15) is 0 Å². The van der Waals surface area contributed by atoms with E-state index < -0.39 is 0 Å². The minimum Gasteiger partial charge on any atom is -0.376 e. The zero-order valence-corrected chi connectivity index (χ0v) is 11.2. The van der Waals surface area contributed by atoms with E-state index in [9.17, 15) is 4.79 Å². The Bertz CT molecular complexity index is 389. The van der Waals surface area contributed by atoms with Gasteiger partial charge in [-0.3, -0.25) is 4.79 Å². The number of rotatable bonds is 4. The lowest BCUT2D eigenvalue weighted by Gasteiger charge is -2.10. The molecule has 0 unspecified atom stereocenters. The van der Waals surface area contributed by atoms with Crippen LogP contribution in [0.3, 0.4) is 0 Å². The first-order chi connectivity index (χ1) is 8.24. The molecule has 1 amide bonds. The summed E-state index contributed by atoms with van der Waals surface area (Å²) in [4.78, 5) is 11.7. The third-order valence-corrected chi connectivity index (χ3v) is 3.30. The van der Waals surface area contributed by atoms with Crippen LogP contribution in [0.1, 0.15) is 18.4 Å². The highest BCUT2D eigenvalue weighted by atomic mass is 79.9. The Morgan fingerprint density at radius 3 is 3.12 bits per heavy atom. The second-order valence-electron chi connectivity index (χ2n) is 4.25. The molecule has 1 atom stereocenters. The molecule has 4 heteroatoms. The van der Waals surface area contributed by atoms with Crippen molar-refractivity contribution < 1.29 is 9.53 Å². The molecule has 1 fully saturated rings. The summed E-state index contributed by atoms with van der Waals surface area (Å²) >= 11 is 3.39. The zero-order chi connectivity index (χ0) is 12.1. The Hall–Kier alpha value is -0.870. The number of amides is 1. The molecule has 0 saturated carbocycles. The van der Waals surface area contributed by atoms with E-state index in [1.807, 2.05) is 24.3 Å². The van der Waals surface area contributed by atoms with Gasteiger partial charge in [-0.25, -0.2) is 0 Å². The van der Waals surface area contributed by atoms with E-state index in [4.69, 9.17) is 4.74 Å². The maximum Gasteiger partial charge on any atom is 0.224 e. The second kappa shape index (κ2) is 6.17. The Morgan fingerprint density at radius 1 is 1.53 bits per heavy atom. The monoisotopic (exact) mass is 297 g/mol. The quantitative estimate of drug-likeness (QED) is 0.926. The first-order valence-corrected chi connectivity index (χ1v) is 6.66. The van der Waals surface area contributed by atoms with Crippen LogP contribution in [-0.2, 0) is 16.0 Å². The van der Waals surface area contributed by atoms with Gasteiger partial charge in [0.2, 0.25) is 5.91 Å². The fraction of sp³-hybridized carbons (Fsp3) is 0.462. The smallest absolute Gasteiger partial charge is 0.224 e. The number of benzene rings is 1. The molecule has 1 saturated heterocycles. The lowest BCUT2D eigenvalue weighted by molar-refractivity contribution is -0.120. The summed E-state index contributed by atoms with van der Waals surface area (Å²) in [5, 5.41) is 2.91. The molecule has 1 aliphatic heterocycles. The van der Waals surface area contributed by atoms with E-state index in [1.165, 1.54) is 0 Å². The van der Waals surface area contributed by atoms with Crippen LogP contribution in [0.15, 0.2) is 28.7 Å². The molecule has 92 valence electrons. The van der Waals surface area contributed by atoms with Crippen LogP contribution in [0, 0.1) is 0 Å². The van der Waals surface area contributed by atoms with E-state index in [0.29, 0.717) is 13.0 Å². The minimum atomic E-state index is 0.0543. The molecule has 3 nitrogen and oxygen atoms in total. The highest BCUT2D eigenvalue weighted by Crippen LogP contribution is 2.13. The molecule has 1 aromatic carbocycles. The maximum absolute atomic E-state index is 11.7. The molecule has 0 aromatic heterocycles. The largest absolute Gasteiger partial charge is 0.376 e. The highest BCUT2D eigenvalue weighted by molar-refractivity contribution is 9.10. The summed E-state index contributed by atoms with van der Waals surface area (Å²) in [7, 11) is 0. The Kier molecular flexibility index (Phi) is 4.57. The van der Waals surface area contributed by atoms with Crippen LogP contribution < -0.4 is 5.32 Å². The summed E-state index contributed by atoms with van der Waals surface area (Å²) in [5.74, 6) is 0.0543. The van der Waals surface area contributed by atoms with Crippen molar-refractivity contribution in [2.45, 2.75) is 25.4 Å². The molecule has 1 aromatic rings. The lowest BCUT2D eigenvalue weighted by atomic mass is 10.1. The Labute approximate surface area is 110 Å². The van der Waals surface area contributed by atoms with Crippen molar-refractivity contribution >= 4 is 21.8 Å². The molecule has 0 radical (unpaired) electrons. The standard InChI is InChI=1S/C13H16BrNO2/c14-11-4-1-3-10(7-11)8-13(16)15-9-12-5-2-6-17-12/h1,3-4,7,12H,2,5-6,8-9H2,(H,15,16)/t12-/m1/s1. The predicted molar refractivity (Wildman–Crippen MR) is 69.8 cm³/mol. The number of ether oxygens (including phenoxy) is 1. The average Bonchev–Trinajstić information content (AvgIpc) is 2.79. The predicted octanol–water partition coefficient (Wildman–Crippen LogP) is 2.29. The molecular weight excluding hydrogens is 282 g/mol. The summed E-state index contributed by atoms with van der Waals surface area (Å²) in [6, 6.07) is 7.81. The van der Waals surface area contributed by atoms with Gasteiger partial charge in [0.05, 0.1) is 12.5 Å². The van der Waals surface area contributed by atoms with Crippen LogP contribution in [-0.4, -0.2) is 25.2 Å². The molecule has 0 bridgehead atoms. The Morgan fingerprint density at radius 2 is 2.41 bits per heavy atom. The summed E-state index contributed by atoms with van der Waals surface area (Å²) in [6.07, 6.45) is 2.79. The van der Waals surface area contributed by atoms with Gasteiger partial charge in [-0.2, -0.15) is 0 Å². The van der Waals surface area contributed by atoms with Gasteiger partial charge in [-0.05, 0) is 30.5 Å². The molecule has 1 N–H and O–H groups in total. The third kappa shape index (κ3) is 4.13. The molecule has 2 rings (SSSR count). The molecule has 1 heterocycles. The van der Waals surface area contributed by atoms with Crippen LogP contribution in [0.4, 0.5) is 0 Å². The van der Waals surface area contributed by atoms with Gasteiger partial charge in [0.25, 0.3) is 0 Å². The topological polar surface area (TPSA) is 38.3 Å². The molecule has 0 aliphatic carbocycles. The number of carbonyl (C=O) groups excluding carboxylic acids is 1. The Balaban J connectivity index is 1.76.